The van der Waals surface area contributed by atoms with E-state index in [1.54, 1.807) is 0 Å². The highest BCUT2D eigenvalue weighted by molar-refractivity contribution is 5.91. The summed E-state index contributed by atoms with van der Waals surface area (Å²) in [5.41, 5.74) is 2.58. The Bertz CT molecular complexity index is 940. The van der Waals surface area contributed by atoms with Crippen LogP contribution in [0.25, 0.3) is 0 Å². The van der Waals surface area contributed by atoms with Gasteiger partial charge in [0.2, 0.25) is 0 Å². The quantitative estimate of drug-likeness (QED) is 0.301. The molecule has 1 fully saturated rings. The van der Waals surface area contributed by atoms with Gasteiger partial charge in [-0.3, -0.25) is 9.80 Å². The van der Waals surface area contributed by atoms with Crippen LogP contribution in [-0.4, -0.2) is 61.1 Å². The predicted molar refractivity (Wildman–Crippen MR) is 131 cm³/mol. The summed E-state index contributed by atoms with van der Waals surface area (Å²) in [4.78, 5) is 31.0. The van der Waals surface area contributed by atoms with Crippen LogP contribution in [0.3, 0.4) is 0 Å². The van der Waals surface area contributed by atoms with Crippen molar-refractivity contribution in [3.8, 4) is 0 Å². The summed E-state index contributed by atoms with van der Waals surface area (Å²) in [5.74, 6) is 5.81. The molecule has 2 aromatic carbocycles. The molecule has 2 aromatic rings. The van der Waals surface area contributed by atoms with Gasteiger partial charge in [-0.2, -0.15) is 0 Å². The van der Waals surface area contributed by atoms with Crippen molar-refractivity contribution in [3.63, 3.8) is 0 Å². The van der Waals surface area contributed by atoms with Gasteiger partial charge in [-0.1, -0.05) is 36.9 Å². The SMILES string of the molecule is C=CN(C(=O)N(N)c1ccc(N2CCN(C(C(=O)OC)c3ccccc3)CC2)cc1)C(C)C. The average molecular weight is 452 g/mol. The molecule has 0 aromatic heterocycles. The van der Waals surface area contributed by atoms with E-state index in [0.29, 0.717) is 5.69 Å². The summed E-state index contributed by atoms with van der Waals surface area (Å²) in [6, 6.07) is 16.5. The molecule has 1 atom stereocenters. The van der Waals surface area contributed by atoms with E-state index in [4.69, 9.17) is 10.6 Å². The molecular weight excluding hydrogens is 418 g/mol. The molecule has 0 radical (unpaired) electrons. The number of carbonyl (C=O) groups is 2. The minimum atomic E-state index is -0.411. The molecule has 0 bridgehead atoms. The van der Waals surface area contributed by atoms with Gasteiger partial charge >= 0.3 is 12.0 Å². The second-order valence-electron chi connectivity index (χ2n) is 8.21. The summed E-state index contributed by atoms with van der Waals surface area (Å²) in [5, 5.41) is 1.13. The summed E-state index contributed by atoms with van der Waals surface area (Å²) in [6.45, 7) is 10.5. The summed E-state index contributed by atoms with van der Waals surface area (Å²) >= 11 is 0. The summed E-state index contributed by atoms with van der Waals surface area (Å²) in [7, 11) is 1.43. The van der Waals surface area contributed by atoms with Gasteiger partial charge in [0.1, 0.15) is 6.04 Å². The zero-order chi connectivity index (χ0) is 24.0. The Kier molecular flexibility index (Phi) is 8.08. The van der Waals surface area contributed by atoms with Crippen LogP contribution in [0.4, 0.5) is 16.2 Å². The fraction of sp³-hybridized carbons (Fsp3) is 0.360. The number of methoxy groups -OCH3 is 1. The standard InChI is InChI=1S/C25H33N5O3/c1-5-29(19(2)3)25(32)30(26)22-13-11-21(12-14-22)27-15-17-28(18-16-27)23(24(31)33-4)20-9-7-6-8-10-20/h5-14,19,23H,1,15-18,26H2,2-4H3. The van der Waals surface area contributed by atoms with E-state index in [1.807, 2.05) is 68.4 Å². The number of benzene rings is 2. The lowest BCUT2D eigenvalue weighted by Gasteiger charge is -2.39. The third-order valence-electron chi connectivity index (χ3n) is 5.89. The molecule has 1 heterocycles. The molecule has 8 nitrogen and oxygen atoms in total. The van der Waals surface area contributed by atoms with Crippen molar-refractivity contribution in [1.29, 1.82) is 0 Å². The molecule has 176 valence electrons. The van der Waals surface area contributed by atoms with Crippen LogP contribution in [0.15, 0.2) is 67.4 Å². The highest BCUT2D eigenvalue weighted by atomic mass is 16.5. The molecular formula is C25H33N5O3. The second-order valence-corrected chi connectivity index (χ2v) is 8.21. The fourth-order valence-electron chi connectivity index (χ4n) is 4.05. The zero-order valence-electron chi connectivity index (χ0n) is 19.6. The second kappa shape index (κ2) is 11.0. The van der Waals surface area contributed by atoms with Gasteiger partial charge < -0.3 is 9.64 Å². The number of carbonyl (C=O) groups excluding carboxylic acids is 2. The van der Waals surface area contributed by atoms with Crippen molar-refractivity contribution in [2.45, 2.75) is 25.9 Å². The number of anilines is 2. The highest BCUT2D eigenvalue weighted by Crippen LogP contribution is 2.26. The molecule has 0 saturated carbocycles. The van der Waals surface area contributed by atoms with Gasteiger partial charge in [-0.15, -0.1) is 0 Å². The Labute approximate surface area is 195 Å². The molecule has 1 aliphatic heterocycles. The van der Waals surface area contributed by atoms with Crippen molar-refractivity contribution in [2.24, 2.45) is 5.84 Å². The minimum absolute atomic E-state index is 0.0404. The maximum Gasteiger partial charge on any atom is 0.343 e. The molecule has 8 heteroatoms. The molecule has 1 unspecified atom stereocenters. The van der Waals surface area contributed by atoms with Crippen molar-refractivity contribution >= 4 is 23.4 Å². The Balaban J connectivity index is 1.65. The molecule has 1 aliphatic rings. The van der Waals surface area contributed by atoms with E-state index < -0.39 is 6.04 Å². The van der Waals surface area contributed by atoms with Gasteiger partial charge in [0.15, 0.2) is 0 Å². The van der Waals surface area contributed by atoms with Crippen LogP contribution in [-0.2, 0) is 9.53 Å². The third-order valence-corrected chi connectivity index (χ3v) is 5.89. The summed E-state index contributed by atoms with van der Waals surface area (Å²) < 4.78 is 5.08. The van der Waals surface area contributed by atoms with Crippen LogP contribution >= 0.6 is 0 Å². The van der Waals surface area contributed by atoms with Gasteiger partial charge in [-0.25, -0.2) is 20.4 Å². The van der Waals surface area contributed by atoms with Crippen molar-refractivity contribution < 1.29 is 14.3 Å². The van der Waals surface area contributed by atoms with E-state index in [-0.39, 0.29) is 18.0 Å². The van der Waals surface area contributed by atoms with Crippen molar-refractivity contribution in [3.05, 3.63) is 72.9 Å². The van der Waals surface area contributed by atoms with Crippen LogP contribution in [0.1, 0.15) is 25.5 Å². The number of hydrazine groups is 1. The lowest BCUT2D eigenvalue weighted by Crippen LogP contribution is -2.49. The number of hydrogen-bond donors (Lipinski definition) is 1. The Hall–Kier alpha value is -3.36. The summed E-state index contributed by atoms with van der Waals surface area (Å²) in [6.07, 6.45) is 1.48. The van der Waals surface area contributed by atoms with E-state index in [1.165, 1.54) is 18.2 Å². The van der Waals surface area contributed by atoms with Crippen LogP contribution in [0.5, 0.6) is 0 Å². The van der Waals surface area contributed by atoms with Gasteiger partial charge in [-0.05, 0) is 43.7 Å². The number of nitrogens with zero attached hydrogens (tertiary/aromatic N) is 4. The highest BCUT2D eigenvalue weighted by Gasteiger charge is 2.31. The first-order valence-corrected chi connectivity index (χ1v) is 11.1. The Morgan fingerprint density at radius 2 is 1.64 bits per heavy atom. The number of nitrogens with two attached hydrogens (primary N) is 1. The first-order chi connectivity index (χ1) is 15.9. The first kappa shape index (κ1) is 24.3. The topological polar surface area (TPSA) is 82.4 Å². The van der Waals surface area contributed by atoms with Gasteiger partial charge in [0, 0.05) is 44.1 Å². The van der Waals surface area contributed by atoms with E-state index in [9.17, 15) is 9.59 Å². The smallest absolute Gasteiger partial charge is 0.343 e. The van der Waals surface area contributed by atoms with E-state index >= 15 is 0 Å². The maximum atomic E-state index is 12.6. The van der Waals surface area contributed by atoms with Crippen molar-refractivity contribution in [1.82, 2.24) is 9.80 Å². The lowest BCUT2D eigenvalue weighted by molar-refractivity contribution is -0.147. The monoisotopic (exact) mass is 451 g/mol. The predicted octanol–water partition coefficient (Wildman–Crippen LogP) is 3.38. The Morgan fingerprint density at radius 3 is 2.15 bits per heavy atom. The van der Waals surface area contributed by atoms with Crippen LogP contribution in [0, 0.1) is 0 Å². The number of piperazine rings is 1. The average Bonchev–Trinajstić information content (AvgIpc) is 2.85. The largest absolute Gasteiger partial charge is 0.468 e. The van der Waals surface area contributed by atoms with E-state index in [2.05, 4.69) is 16.4 Å². The number of ether oxygens (including phenoxy) is 1. The normalized spacial score (nSPS) is 15.1. The lowest BCUT2D eigenvalue weighted by atomic mass is 10.0. The third kappa shape index (κ3) is 5.53. The van der Waals surface area contributed by atoms with Gasteiger partial charge in [0.05, 0.1) is 12.8 Å². The maximum absolute atomic E-state index is 12.6. The number of rotatable bonds is 7. The molecule has 0 aliphatic carbocycles. The van der Waals surface area contributed by atoms with Crippen LogP contribution in [0.2, 0.25) is 0 Å². The van der Waals surface area contributed by atoms with E-state index in [0.717, 1.165) is 42.4 Å². The van der Waals surface area contributed by atoms with Gasteiger partial charge in [0.25, 0.3) is 0 Å². The number of hydrogen-bond acceptors (Lipinski definition) is 6. The van der Waals surface area contributed by atoms with Crippen molar-refractivity contribution in [2.75, 3.05) is 43.2 Å². The fourth-order valence-corrected chi connectivity index (χ4v) is 4.05. The number of esters is 1. The van der Waals surface area contributed by atoms with Crippen LogP contribution < -0.4 is 15.8 Å². The minimum Gasteiger partial charge on any atom is -0.468 e. The molecule has 1 saturated heterocycles. The molecule has 2 amide bonds. The zero-order valence-corrected chi connectivity index (χ0v) is 19.6. The molecule has 0 spiro atoms. The number of amides is 2. The molecule has 33 heavy (non-hydrogen) atoms. The Morgan fingerprint density at radius 1 is 1.03 bits per heavy atom. The molecule has 2 N–H and O–H groups in total. The molecule has 3 rings (SSSR count). The first-order valence-electron chi connectivity index (χ1n) is 11.1. The number of urea groups is 1.